The van der Waals surface area contributed by atoms with Crippen LogP contribution < -0.4 is 5.32 Å². The zero-order valence-corrected chi connectivity index (χ0v) is 10.3. The largest absolute Gasteiger partial charge is 0.314 e. The summed E-state index contributed by atoms with van der Waals surface area (Å²) in [4.78, 5) is 7.04. The van der Waals surface area contributed by atoms with E-state index in [0.29, 0.717) is 0 Å². The predicted molar refractivity (Wildman–Crippen MR) is 64.2 cm³/mol. The Balaban J connectivity index is 1.87. The highest BCUT2D eigenvalue weighted by molar-refractivity contribution is 7.09. The van der Waals surface area contributed by atoms with Crippen molar-refractivity contribution in [3.05, 3.63) is 16.1 Å². The molecule has 1 atom stereocenters. The van der Waals surface area contributed by atoms with Gasteiger partial charge in [0.1, 0.15) is 0 Å². The van der Waals surface area contributed by atoms with Crippen LogP contribution in [-0.2, 0) is 13.0 Å². The van der Waals surface area contributed by atoms with Crippen LogP contribution in [0.5, 0.6) is 0 Å². The Morgan fingerprint density at radius 2 is 2.53 bits per heavy atom. The van der Waals surface area contributed by atoms with Gasteiger partial charge in [0, 0.05) is 24.9 Å². The lowest BCUT2D eigenvalue weighted by Gasteiger charge is -2.07. The van der Waals surface area contributed by atoms with E-state index in [0.717, 1.165) is 12.5 Å². The smallest absolute Gasteiger partial charge is 0.0932 e. The van der Waals surface area contributed by atoms with Crippen molar-refractivity contribution in [3.8, 4) is 0 Å². The van der Waals surface area contributed by atoms with E-state index >= 15 is 0 Å². The molecule has 3 nitrogen and oxygen atoms in total. The molecule has 1 aliphatic heterocycles. The second-order valence-corrected chi connectivity index (χ2v) is 5.33. The lowest BCUT2D eigenvalue weighted by atomic mass is 10.1. The Labute approximate surface area is 95.5 Å². The summed E-state index contributed by atoms with van der Waals surface area (Å²) in [7, 11) is 4.17. The zero-order chi connectivity index (χ0) is 10.7. The third kappa shape index (κ3) is 3.00. The van der Waals surface area contributed by atoms with Crippen molar-refractivity contribution in [2.75, 3.05) is 27.2 Å². The van der Waals surface area contributed by atoms with Crippen molar-refractivity contribution in [1.29, 1.82) is 0 Å². The van der Waals surface area contributed by atoms with Crippen molar-refractivity contribution < 1.29 is 0 Å². The Bertz CT molecular complexity index is 311. The van der Waals surface area contributed by atoms with Crippen molar-refractivity contribution in [2.24, 2.45) is 5.92 Å². The lowest BCUT2D eigenvalue weighted by Crippen LogP contribution is -2.15. The van der Waals surface area contributed by atoms with E-state index in [1.165, 1.54) is 36.6 Å². The maximum atomic E-state index is 4.63. The molecule has 1 fully saturated rings. The van der Waals surface area contributed by atoms with Gasteiger partial charge in [0.25, 0.3) is 0 Å². The molecule has 84 valence electrons. The van der Waals surface area contributed by atoms with Gasteiger partial charge < -0.3 is 10.2 Å². The van der Waals surface area contributed by atoms with E-state index in [-0.39, 0.29) is 0 Å². The number of rotatable bonds is 4. The second kappa shape index (κ2) is 5.05. The number of hydrogen-bond acceptors (Lipinski definition) is 4. The van der Waals surface area contributed by atoms with E-state index in [4.69, 9.17) is 0 Å². The molecule has 2 rings (SSSR count). The molecule has 0 bridgehead atoms. The summed E-state index contributed by atoms with van der Waals surface area (Å²) in [5.41, 5.74) is 1.18. The van der Waals surface area contributed by atoms with Gasteiger partial charge in [-0.15, -0.1) is 11.3 Å². The number of likely N-dealkylation sites (tertiary alicyclic amines) is 1. The summed E-state index contributed by atoms with van der Waals surface area (Å²) in [5, 5.41) is 6.61. The fraction of sp³-hybridized carbons (Fsp3) is 0.727. The number of hydrogen-bond donors (Lipinski definition) is 1. The van der Waals surface area contributed by atoms with E-state index in [2.05, 4.69) is 27.6 Å². The van der Waals surface area contributed by atoms with Gasteiger partial charge in [-0.3, -0.25) is 0 Å². The van der Waals surface area contributed by atoms with Crippen molar-refractivity contribution in [1.82, 2.24) is 15.2 Å². The first-order valence-electron chi connectivity index (χ1n) is 5.54. The average molecular weight is 225 g/mol. The van der Waals surface area contributed by atoms with E-state index in [1.54, 1.807) is 0 Å². The van der Waals surface area contributed by atoms with Crippen molar-refractivity contribution in [3.63, 3.8) is 0 Å². The molecular weight excluding hydrogens is 206 g/mol. The number of nitrogens with zero attached hydrogens (tertiary/aromatic N) is 2. The van der Waals surface area contributed by atoms with Crippen LogP contribution in [0, 0.1) is 5.92 Å². The quantitative estimate of drug-likeness (QED) is 0.838. The first-order valence-corrected chi connectivity index (χ1v) is 6.42. The van der Waals surface area contributed by atoms with Gasteiger partial charge >= 0.3 is 0 Å². The first kappa shape index (κ1) is 11.0. The fourth-order valence-electron chi connectivity index (χ4n) is 2.14. The molecule has 1 aromatic heterocycles. The highest BCUT2D eigenvalue weighted by atomic mass is 32.1. The topological polar surface area (TPSA) is 28.2 Å². The summed E-state index contributed by atoms with van der Waals surface area (Å²) < 4.78 is 0. The van der Waals surface area contributed by atoms with Gasteiger partial charge in [0.2, 0.25) is 0 Å². The van der Waals surface area contributed by atoms with Crippen molar-refractivity contribution >= 4 is 11.3 Å². The molecule has 1 N–H and O–H groups in total. The standard InChI is InChI=1S/C11H19N3S/c1-12-6-10-8-15-11(13-10)5-9-3-4-14(2)7-9/h8-9,12H,3-7H2,1-2H3. The third-order valence-electron chi connectivity index (χ3n) is 2.91. The van der Waals surface area contributed by atoms with E-state index in [1.807, 2.05) is 18.4 Å². The third-order valence-corrected chi connectivity index (χ3v) is 3.83. The van der Waals surface area contributed by atoms with Gasteiger partial charge in [-0.2, -0.15) is 0 Å². The molecule has 0 saturated carbocycles. The molecule has 0 radical (unpaired) electrons. The molecule has 0 aliphatic carbocycles. The highest BCUT2D eigenvalue weighted by Crippen LogP contribution is 2.21. The highest BCUT2D eigenvalue weighted by Gasteiger charge is 2.20. The minimum absolute atomic E-state index is 0.823. The number of aromatic nitrogens is 1. The minimum atomic E-state index is 0.823. The molecule has 2 heterocycles. The van der Waals surface area contributed by atoms with Crippen LogP contribution in [0.25, 0.3) is 0 Å². The molecular formula is C11H19N3S. The molecule has 1 unspecified atom stereocenters. The normalized spacial score (nSPS) is 22.4. The van der Waals surface area contributed by atoms with E-state index < -0.39 is 0 Å². The van der Waals surface area contributed by atoms with Gasteiger partial charge in [-0.25, -0.2) is 4.98 Å². The van der Waals surface area contributed by atoms with E-state index in [9.17, 15) is 0 Å². The summed E-state index contributed by atoms with van der Waals surface area (Å²) in [5.74, 6) is 0.823. The van der Waals surface area contributed by atoms with Gasteiger partial charge in [0.15, 0.2) is 0 Å². The maximum absolute atomic E-state index is 4.63. The zero-order valence-electron chi connectivity index (χ0n) is 9.49. The Kier molecular flexibility index (Phi) is 3.72. The van der Waals surface area contributed by atoms with Crippen LogP contribution in [0.2, 0.25) is 0 Å². The Morgan fingerprint density at radius 3 is 3.20 bits per heavy atom. The van der Waals surface area contributed by atoms with Crippen LogP contribution in [0.4, 0.5) is 0 Å². The SMILES string of the molecule is CNCc1csc(CC2CCN(C)C2)n1. The molecule has 4 heteroatoms. The van der Waals surface area contributed by atoms with Crippen LogP contribution in [0.15, 0.2) is 5.38 Å². The van der Waals surface area contributed by atoms with Crippen LogP contribution in [0.1, 0.15) is 17.1 Å². The molecule has 1 aromatic rings. The predicted octanol–water partition coefficient (Wildman–Crippen LogP) is 1.36. The lowest BCUT2D eigenvalue weighted by molar-refractivity contribution is 0.394. The van der Waals surface area contributed by atoms with Gasteiger partial charge in [-0.1, -0.05) is 0 Å². The molecule has 1 saturated heterocycles. The average Bonchev–Trinajstić information content (AvgIpc) is 2.78. The van der Waals surface area contributed by atoms with Crippen LogP contribution >= 0.6 is 11.3 Å². The Morgan fingerprint density at radius 1 is 1.67 bits per heavy atom. The summed E-state index contributed by atoms with van der Waals surface area (Å²) >= 11 is 1.81. The minimum Gasteiger partial charge on any atom is -0.314 e. The molecule has 0 amide bonds. The second-order valence-electron chi connectivity index (χ2n) is 4.38. The monoisotopic (exact) mass is 225 g/mol. The first-order chi connectivity index (χ1) is 7.28. The summed E-state index contributed by atoms with van der Waals surface area (Å²) in [6, 6.07) is 0. The van der Waals surface area contributed by atoms with Crippen LogP contribution in [0.3, 0.4) is 0 Å². The molecule has 15 heavy (non-hydrogen) atoms. The number of thiazole rings is 1. The molecule has 1 aliphatic rings. The van der Waals surface area contributed by atoms with Gasteiger partial charge in [-0.05, 0) is 33.0 Å². The fourth-order valence-corrected chi connectivity index (χ4v) is 3.05. The number of nitrogens with one attached hydrogen (secondary N) is 1. The van der Waals surface area contributed by atoms with Crippen molar-refractivity contribution in [2.45, 2.75) is 19.4 Å². The maximum Gasteiger partial charge on any atom is 0.0932 e. The molecule has 0 aromatic carbocycles. The molecule has 0 spiro atoms. The van der Waals surface area contributed by atoms with Crippen LogP contribution in [-0.4, -0.2) is 37.1 Å². The summed E-state index contributed by atoms with van der Waals surface area (Å²) in [6.07, 6.45) is 2.50. The van der Waals surface area contributed by atoms with Gasteiger partial charge in [0.05, 0.1) is 10.7 Å². The Hall–Kier alpha value is -0.450. The summed E-state index contributed by atoms with van der Waals surface area (Å²) in [6.45, 7) is 3.38.